The third-order valence-corrected chi connectivity index (χ3v) is 2.79. The monoisotopic (exact) mass is 166 g/mol. The molecule has 0 spiro atoms. The Hall–Kier alpha value is -0.830. The van der Waals surface area contributed by atoms with Crippen molar-refractivity contribution in [3.05, 3.63) is 22.6 Å². The zero-order chi connectivity index (χ0) is 7.84. The molecular formula is C8H6O2S. The molecule has 11 heavy (non-hydrogen) atoms. The van der Waals surface area contributed by atoms with Crippen LogP contribution >= 0.6 is 11.8 Å². The molecule has 0 atom stereocenters. The smallest absolute Gasteiger partial charge is 0.229 e. The van der Waals surface area contributed by atoms with Crippen LogP contribution in [-0.4, -0.2) is 17.3 Å². The quantitative estimate of drug-likeness (QED) is 0.505. The van der Waals surface area contributed by atoms with E-state index in [4.69, 9.17) is 0 Å². The van der Waals surface area contributed by atoms with Gasteiger partial charge in [0.25, 0.3) is 0 Å². The molecule has 1 heterocycles. The third-order valence-electron chi connectivity index (χ3n) is 1.76. The summed E-state index contributed by atoms with van der Waals surface area (Å²) in [4.78, 5) is 23.0. The highest BCUT2D eigenvalue weighted by Crippen LogP contribution is 2.34. The van der Waals surface area contributed by atoms with Crippen molar-refractivity contribution in [2.75, 3.05) is 5.75 Å². The number of ketones is 2. The van der Waals surface area contributed by atoms with Gasteiger partial charge in [0, 0.05) is 22.7 Å². The van der Waals surface area contributed by atoms with Crippen molar-refractivity contribution < 1.29 is 9.59 Å². The number of allylic oxidation sites excluding steroid dienone is 2. The van der Waals surface area contributed by atoms with E-state index in [0.29, 0.717) is 12.0 Å². The van der Waals surface area contributed by atoms with Gasteiger partial charge >= 0.3 is 0 Å². The Morgan fingerprint density at radius 3 is 2.91 bits per heavy atom. The Kier molecular flexibility index (Phi) is 1.46. The fraction of sp³-hybridized carbons (Fsp3) is 0.250. The summed E-state index contributed by atoms with van der Waals surface area (Å²) in [6.45, 7) is 0. The van der Waals surface area contributed by atoms with Crippen LogP contribution in [0.5, 0.6) is 0 Å². The second kappa shape index (κ2) is 2.34. The fourth-order valence-electron chi connectivity index (χ4n) is 1.19. The van der Waals surface area contributed by atoms with E-state index in [2.05, 4.69) is 0 Å². The maximum absolute atomic E-state index is 11.1. The van der Waals surface area contributed by atoms with Crippen LogP contribution in [0.3, 0.4) is 0 Å². The highest BCUT2D eigenvalue weighted by atomic mass is 32.2. The average molecular weight is 166 g/mol. The van der Waals surface area contributed by atoms with Crippen LogP contribution in [0.15, 0.2) is 22.6 Å². The second-order valence-electron chi connectivity index (χ2n) is 2.45. The Bertz CT molecular complexity index is 295. The van der Waals surface area contributed by atoms with Gasteiger partial charge in [0.1, 0.15) is 0 Å². The topological polar surface area (TPSA) is 34.1 Å². The van der Waals surface area contributed by atoms with Crippen LogP contribution in [0.4, 0.5) is 0 Å². The summed E-state index contributed by atoms with van der Waals surface area (Å²) in [6.07, 6.45) is 3.96. The van der Waals surface area contributed by atoms with Gasteiger partial charge in [0.05, 0.1) is 0 Å². The van der Waals surface area contributed by atoms with Crippen LogP contribution in [-0.2, 0) is 9.59 Å². The first-order valence-corrected chi connectivity index (χ1v) is 4.38. The Morgan fingerprint density at radius 2 is 2.09 bits per heavy atom. The molecule has 1 aliphatic carbocycles. The number of fused-ring (bicyclic) bond motifs is 1. The number of carbonyl (C=O) groups is 2. The number of rotatable bonds is 0. The molecule has 56 valence electrons. The summed E-state index contributed by atoms with van der Waals surface area (Å²) in [6, 6.07) is 0. The lowest BCUT2D eigenvalue weighted by Gasteiger charge is -2.07. The summed E-state index contributed by atoms with van der Waals surface area (Å²) in [5, 5.41) is 0. The molecule has 3 heteroatoms. The predicted molar refractivity (Wildman–Crippen MR) is 43.3 cm³/mol. The molecule has 0 aromatic rings. The van der Waals surface area contributed by atoms with Crippen molar-refractivity contribution in [1.82, 2.24) is 0 Å². The molecule has 0 aromatic carbocycles. The predicted octanol–water partition coefficient (Wildman–Crippen LogP) is 1.09. The molecule has 2 rings (SSSR count). The molecule has 0 fully saturated rings. The first kappa shape index (κ1) is 6.85. The van der Waals surface area contributed by atoms with Crippen LogP contribution < -0.4 is 0 Å². The molecule has 0 unspecified atom stereocenters. The Labute approximate surface area is 68.3 Å². The zero-order valence-electron chi connectivity index (χ0n) is 5.79. The van der Waals surface area contributed by atoms with Gasteiger partial charge in [0.2, 0.25) is 11.6 Å². The van der Waals surface area contributed by atoms with Crippen LogP contribution in [0.1, 0.15) is 6.42 Å². The molecule has 2 aliphatic rings. The van der Waals surface area contributed by atoms with Crippen LogP contribution in [0.25, 0.3) is 0 Å². The Balaban J connectivity index is 2.47. The van der Waals surface area contributed by atoms with E-state index in [1.54, 1.807) is 11.8 Å². The number of carbonyl (C=O) groups excluding carboxylic acids is 2. The number of hydrogen-bond acceptors (Lipinski definition) is 3. The maximum Gasteiger partial charge on any atom is 0.229 e. The summed E-state index contributed by atoms with van der Waals surface area (Å²) < 4.78 is 0. The van der Waals surface area contributed by atoms with Crippen molar-refractivity contribution in [3.8, 4) is 0 Å². The highest BCUT2D eigenvalue weighted by molar-refractivity contribution is 8.03. The lowest BCUT2D eigenvalue weighted by atomic mass is 9.99. The summed E-state index contributed by atoms with van der Waals surface area (Å²) in [5.74, 6) is 0.259. The first-order chi connectivity index (χ1) is 5.29. The van der Waals surface area contributed by atoms with Gasteiger partial charge in [-0.3, -0.25) is 9.59 Å². The summed E-state index contributed by atoms with van der Waals surface area (Å²) in [5.41, 5.74) is 0.631. The first-order valence-electron chi connectivity index (χ1n) is 3.40. The van der Waals surface area contributed by atoms with Crippen molar-refractivity contribution in [1.29, 1.82) is 0 Å². The van der Waals surface area contributed by atoms with E-state index >= 15 is 0 Å². The van der Waals surface area contributed by atoms with Crippen molar-refractivity contribution >= 4 is 23.3 Å². The molecule has 0 bridgehead atoms. The van der Waals surface area contributed by atoms with E-state index in [1.807, 2.05) is 12.2 Å². The van der Waals surface area contributed by atoms with Crippen LogP contribution in [0.2, 0.25) is 0 Å². The van der Waals surface area contributed by atoms with Gasteiger partial charge < -0.3 is 0 Å². The minimum absolute atomic E-state index is 0.275. The van der Waals surface area contributed by atoms with E-state index in [9.17, 15) is 9.59 Å². The maximum atomic E-state index is 11.1. The minimum atomic E-state index is -0.299. The van der Waals surface area contributed by atoms with Crippen LogP contribution in [0, 0.1) is 0 Å². The number of thioether (sulfide) groups is 1. The van der Waals surface area contributed by atoms with Gasteiger partial charge in [-0.2, -0.15) is 0 Å². The van der Waals surface area contributed by atoms with Crippen molar-refractivity contribution in [2.24, 2.45) is 0 Å². The van der Waals surface area contributed by atoms with Gasteiger partial charge in [-0.25, -0.2) is 0 Å². The van der Waals surface area contributed by atoms with Gasteiger partial charge in [-0.15, -0.1) is 11.8 Å². The molecular weight excluding hydrogens is 160 g/mol. The lowest BCUT2D eigenvalue weighted by molar-refractivity contribution is -0.133. The Morgan fingerprint density at radius 1 is 1.27 bits per heavy atom. The lowest BCUT2D eigenvalue weighted by Crippen LogP contribution is -2.18. The normalized spacial score (nSPS) is 22.9. The van der Waals surface area contributed by atoms with E-state index < -0.39 is 0 Å². The molecule has 2 nitrogen and oxygen atoms in total. The molecule has 0 N–H and O–H groups in total. The third kappa shape index (κ3) is 0.959. The molecule has 0 amide bonds. The van der Waals surface area contributed by atoms with E-state index in [-0.39, 0.29) is 11.6 Å². The molecule has 0 saturated heterocycles. The van der Waals surface area contributed by atoms with E-state index in [1.165, 1.54) is 0 Å². The molecule has 0 aromatic heterocycles. The van der Waals surface area contributed by atoms with Gasteiger partial charge in [-0.05, 0) is 0 Å². The molecule has 1 aliphatic heterocycles. The van der Waals surface area contributed by atoms with E-state index in [0.717, 1.165) is 10.7 Å². The summed E-state index contributed by atoms with van der Waals surface area (Å²) in [7, 11) is 0. The highest BCUT2D eigenvalue weighted by Gasteiger charge is 2.28. The van der Waals surface area contributed by atoms with Crippen molar-refractivity contribution in [2.45, 2.75) is 6.42 Å². The molecule has 0 saturated carbocycles. The number of Topliss-reactive ketones (excluding diaryl/α,β-unsaturated/α-hetero) is 2. The zero-order valence-corrected chi connectivity index (χ0v) is 6.61. The van der Waals surface area contributed by atoms with Gasteiger partial charge in [0.15, 0.2) is 0 Å². The largest absolute Gasteiger partial charge is 0.290 e. The fourth-order valence-corrected chi connectivity index (χ4v) is 2.16. The summed E-state index contributed by atoms with van der Waals surface area (Å²) >= 11 is 1.63. The van der Waals surface area contributed by atoms with Gasteiger partial charge in [-0.1, -0.05) is 12.2 Å². The SMILES string of the molecule is O=C1CC=C2SCC=C2C1=O. The standard InChI is InChI=1S/C8H6O2S/c9-6-1-2-7-5(8(6)10)3-4-11-7/h2-3H,1,4H2. The number of hydrogen-bond donors (Lipinski definition) is 0. The van der Waals surface area contributed by atoms with Crippen molar-refractivity contribution in [3.63, 3.8) is 0 Å². The average Bonchev–Trinajstić information content (AvgIpc) is 2.45. The molecule has 0 radical (unpaired) electrons. The second-order valence-corrected chi connectivity index (χ2v) is 3.52. The minimum Gasteiger partial charge on any atom is -0.290 e.